The van der Waals surface area contributed by atoms with Crippen molar-refractivity contribution in [3.63, 3.8) is 0 Å². The summed E-state index contributed by atoms with van der Waals surface area (Å²) in [5.41, 5.74) is 2.17. The van der Waals surface area contributed by atoms with E-state index in [1.54, 1.807) is 0 Å². The second kappa shape index (κ2) is 9.42. The zero-order chi connectivity index (χ0) is 13.3. The molecule has 0 aliphatic heterocycles. The van der Waals surface area contributed by atoms with Crippen LogP contribution in [0.2, 0.25) is 0 Å². The lowest BCUT2D eigenvalue weighted by Crippen LogP contribution is -2.43. The van der Waals surface area contributed by atoms with Crippen LogP contribution in [-0.4, -0.2) is 18.6 Å². The van der Waals surface area contributed by atoms with Crippen LogP contribution in [0.15, 0.2) is 0 Å². The molecule has 0 saturated carbocycles. The Labute approximate surface area is 105 Å². The van der Waals surface area contributed by atoms with Crippen molar-refractivity contribution in [3.8, 4) is 0 Å². The highest BCUT2D eigenvalue weighted by molar-refractivity contribution is 5.80. The molecule has 0 bridgehead atoms. The molecule has 2 unspecified atom stereocenters. The Balaban J connectivity index is 4.13. The third-order valence-corrected chi connectivity index (χ3v) is 3.06. The average Bonchev–Trinajstić information content (AvgIpc) is 2.32. The standard InChI is InChI=1S/C13H28N2O2/c1-5-7-8-11(6-2)9-17-12(10(3)4)13(16)15-14/h10-12H,5-9,14H2,1-4H3,(H,15,16). The molecule has 0 aliphatic rings. The number of hydrogen-bond donors (Lipinski definition) is 2. The minimum absolute atomic E-state index is 0.141. The zero-order valence-corrected chi connectivity index (χ0v) is 11.7. The number of ether oxygens (including phenoxy) is 1. The van der Waals surface area contributed by atoms with E-state index in [4.69, 9.17) is 10.6 Å². The number of unbranched alkanes of at least 4 members (excludes halogenated alkanes) is 1. The van der Waals surface area contributed by atoms with Crippen molar-refractivity contribution in [1.82, 2.24) is 5.43 Å². The Bertz CT molecular complexity index is 208. The normalized spacial score (nSPS) is 14.7. The number of nitrogens with two attached hydrogens (primary N) is 1. The fourth-order valence-electron chi connectivity index (χ4n) is 1.79. The number of hydrazine groups is 1. The summed E-state index contributed by atoms with van der Waals surface area (Å²) in [7, 11) is 0. The maximum Gasteiger partial charge on any atom is 0.263 e. The summed E-state index contributed by atoms with van der Waals surface area (Å²) in [5, 5.41) is 0. The Morgan fingerprint density at radius 3 is 2.41 bits per heavy atom. The van der Waals surface area contributed by atoms with E-state index in [0.29, 0.717) is 12.5 Å². The molecular weight excluding hydrogens is 216 g/mol. The van der Waals surface area contributed by atoms with Gasteiger partial charge >= 0.3 is 0 Å². The molecule has 0 fully saturated rings. The zero-order valence-electron chi connectivity index (χ0n) is 11.7. The molecule has 0 radical (unpaired) electrons. The third kappa shape index (κ3) is 6.64. The number of nitrogens with one attached hydrogen (secondary N) is 1. The molecule has 3 N–H and O–H groups in total. The lowest BCUT2D eigenvalue weighted by molar-refractivity contribution is -0.137. The van der Waals surface area contributed by atoms with E-state index in [2.05, 4.69) is 19.3 Å². The van der Waals surface area contributed by atoms with Gasteiger partial charge in [-0.3, -0.25) is 10.2 Å². The molecule has 0 heterocycles. The number of carbonyl (C=O) groups is 1. The molecule has 0 aromatic rings. The highest BCUT2D eigenvalue weighted by atomic mass is 16.5. The van der Waals surface area contributed by atoms with Gasteiger partial charge in [0.05, 0.1) is 6.61 Å². The first-order chi connectivity index (χ1) is 8.06. The van der Waals surface area contributed by atoms with Gasteiger partial charge in [0.25, 0.3) is 5.91 Å². The van der Waals surface area contributed by atoms with Crippen LogP contribution in [-0.2, 0) is 9.53 Å². The van der Waals surface area contributed by atoms with Gasteiger partial charge in [0.15, 0.2) is 0 Å². The summed E-state index contributed by atoms with van der Waals surface area (Å²) in [6.07, 6.45) is 4.25. The van der Waals surface area contributed by atoms with Crippen LogP contribution in [0.4, 0.5) is 0 Å². The number of carbonyl (C=O) groups excluding carboxylic acids is 1. The first-order valence-corrected chi connectivity index (χ1v) is 6.68. The van der Waals surface area contributed by atoms with E-state index in [-0.39, 0.29) is 11.8 Å². The largest absolute Gasteiger partial charge is 0.368 e. The molecule has 4 nitrogen and oxygen atoms in total. The van der Waals surface area contributed by atoms with Crippen molar-refractivity contribution in [1.29, 1.82) is 0 Å². The monoisotopic (exact) mass is 244 g/mol. The summed E-state index contributed by atoms with van der Waals surface area (Å²) >= 11 is 0. The summed E-state index contributed by atoms with van der Waals surface area (Å²) in [6.45, 7) is 8.93. The third-order valence-electron chi connectivity index (χ3n) is 3.06. The van der Waals surface area contributed by atoms with E-state index in [0.717, 1.165) is 6.42 Å². The number of amides is 1. The molecule has 4 heteroatoms. The van der Waals surface area contributed by atoms with Gasteiger partial charge < -0.3 is 4.74 Å². The van der Waals surface area contributed by atoms with E-state index in [9.17, 15) is 4.79 Å². The number of hydrogen-bond acceptors (Lipinski definition) is 3. The fourth-order valence-corrected chi connectivity index (χ4v) is 1.79. The Kier molecular flexibility index (Phi) is 9.09. The molecule has 102 valence electrons. The van der Waals surface area contributed by atoms with Gasteiger partial charge in [-0.05, 0) is 18.3 Å². The van der Waals surface area contributed by atoms with E-state index < -0.39 is 6.10 Å². The van der Waals surface area contributed by atoms with Gasteiger partial charge in [-0.15, -0.1) is 0 Å². The molecule has 0 aromatic heterocycles. The Morgan fingerprint density at radius 2 is 2.00 bits per heavy atom. The van der Waals surface area contributed by atoms with Crippen LogP contribution >= 0.6 is 0 Å². The van der Waals surface area contributed by atoms with Crippen LogP contribution in [0.3, 0.4) is 0 Å². The Morgan fingerprint density at radius 1 is 1.35 bits per heavy atom. The molecule has 0 aromatic carbocycles. The minimum Gasteiger partial charge on any atom is -0.368 e. The van der Waals surface area contributed by atoms with Gasteiger partial charge in [0.2, 0.25) is 0 Å². The van der Waals surface area contributed by atoms with Gasteiger partial charge in [0, 0.05) is 0 Å². The van der Waals surface area contributed by atoms with Crippen LogP contribution in [0, 0.1) is 11.8 Å². The summed E-state index contributed by atoms with van der Waals surface area (Å²) in [5.74, 6) is 5.60. The molecule has 1 amide bonds. The van der Waals surface area contributed by atoms with Crippen LogP contribution in [0.5, 0.6) is 0 Å². The average molecular weight is 244 g/mol. The van der Waals surface area contributed by atoms with Crippen LogP contribution < -0.4 is 11.3 Å². The highest BCUT2D eigenvalue weighted by Gasteiger charge is 2.23. The predicted octanol–water partition coefficient (Wildman–Crippen LogP) is 2.23. The van der Waals surface area contributed by atoms with Gasteiger partial charge in [-0.2, -0.15) is 0 Å². The smallest absolute Gasteiger partial charge is 0.263 e. The molecular formula is C13H28N2O2. The molecule has 2 atom stereocenters. The maximum absolute atomic E-state index is 11.5. The summed E-state index contributed by atoms with van der Waals surface area (Å²) in [6, 6.07) is 0. The van der Waals surface area contributed by atoms with Crippen molar-refractivity contribution in [3.05, 3.63) is 0 Å². The van der Waals surface area contributed by atoms with Crippen LogP contribution in [0.25, 0.3) is 0 Å². The maximum atomic E-state index is 11.5. The highest BCUT2D eigenvalue weighted by Crippen LogP contribution is 2.16. The van der Waals surface area contributed by atoms with Crippen molar-refractivity contribution in [2.45, 2.75) is 59.5 Å². The second-order valence-corrected chi connectivity index (χ2v) is 4.92. The first kappa shape index (κ1) is 16.4. The fraction of sp³-hybridized carbons (Fsp3) is 0.923. The second-order valence-electron chi connectivity index (χ2n) is 4.92. The summed E-state index contributed by atoms with van der Waals surface area (Å²) in [4.78, 5) is 11.5. The van der Waals surface area contributed by atoms with E-state index in [1.165, 1.54) is 19.3 Å². The quantitative estimate of drug-likeness (QED) is 0.371. The molecule has 0 aliphatic carbocycles. The number of rotatable bonds is 9. The Hall–Kier alpha value is -0.610. The molecule has 0 spiro atoms. The van der Waals surface area contributed by atoms with Crippen LogP contribution in [0.1, 0.15) is 53.4 Å². The van der Waals surface area contributed by atoms with Crippen molar-refractivity contribution in [2.24, 2.45) is 17.7 Å². The molecule has 0 rings (SSSR count). The van der Waals surface area contributed by atoms with Crippen molar-refractivity contribution in [2.75, 3.05) is 6.61 Å². The van der Waals surface area contributed by atoms with Crippen molar-refractivity contribution >= 4 is 5.91 Å². The van der Waals surface area contributed by atoms with E-state index in [1.807, 2.05) is 13.8 Å². The van der Waals surface area contributed by atoms with Gasteiger partial charge in [-0.25, -0.2) is 5.84 Å². The molecule has 17 heavy (non-hydrogen) atoms. The minimum atomic E-state index is -0.435. The van der Waals surface area contributed by atoms with Gasteiger partial charge in [-0.1, -0.05) is 47.0 Å². The first-order valence-electron chi connectivity index (χ1n) is 6.68. The summed E-state index contributed by atoms with van der Waals surface area (Å²) < 4.78 is 5.71. The predicted molar refractivity (Wildman–Crippen MR) is 70.2 cm³/mol. The lowest BCUT2D eigenvalue weighted by atomic mass is 10.00. The van der Waals surface area contributed by atoms with Crippen molar-refractivity contribution < 1.29 is 9.53 Å². The SMILES string of the molecule is CCCCC(CC)COC(C(=O)NN)C(C)C. The molecule has 0 saturated heterocycles. The lowest BCUT2D eigenvalue weighted by Gasteiger charge is -2.23. The topological polar surface area (TPSA) is 64.3 Å². The van der Waals surface area contributed by atoms with Gasteiger partial charge in [0.1, 0.15) is 6.10 Å². The van der Waals surface area contributed by atoms with E-state index >= 15 is 0 Å².